The second-order valence-corrected chi connectivity index (χ2v) is 3.94. The van der Waals surface area contributed by atoms with Gasteiger partial charge >= 0.3 is 0 Å². The zero-order chi connectivity index (χ0) is 11.6. The van der Waals surface area contributed by atoms with E-state index in [1.807, 2.05) is 20.8 Å². The molecule has 0 amide bonds. The van der Waals surface area contributed by atoms with Gasteiger partial charge in [-0.15, -0.1) is 0 Å². The van der Waals surface area contributed by atoms with E-state index in [1.54, 1.807) is 0 Å². The zero-order valence-electron chi connectivity index (χ0n) is 10.9. The van der Waals surface area contributed by atoms with Crippen molar-refractivity contribution < 1.29 is 0 Å². The Bertz CT molecular complexity index is 170. The minimum Gasteiger partial charge on any atom is -0.381 e. The van der Waals surface area contributed by atoms with Crippen molar-refractivity contribution in [2.24, 2.45) is 0 Å². The fourth-order valence-corrected chi connectivity index (χ4v) is 0.993. The predicted octanol–water partition coefficient (Wildman–Crippen LogP) is 4.27. The summed E-state index contributed by atoms with van der Waals surface area (Å²) in [6.45, 7) is 14.7. The molecule has 0 fully saturated rings. The number of hydrogen-bond donors (Lipinski definition) is 1. The first kappa shape index (κ1) is 15.7. The van der Waals surface area contributed by atoms with Crippen LogP contribution in [0.4, 0.5) is 0 Å². The highest BCUT2D eigenvalue weighted by Gasteiger charge is 2.08. The highest BCUT2D eigenvalue weighted by Crippen LogP contribution is 2.05. The monoisotopic (exact) mass is 197 g/mol. The van der Waals surface area contributed by atoms with Crippen LogP contribution in [0.25, 0.3) is 0 Å². The molecule has 0 unspecified atom stereocenters. The van der Waals surface area contributed by atoms with E-state index in [4.69, 9.17) is 0 Å². The third kappa shape index (κ3) is 11.3. The molecule has 0 spiro atoms. The van der Waals surface area contributed by atoms with Crippen LogP contribution in [0, 0.1) is 0 Å². The summed E-state index contributed by atoms with van der Waals surface area (Å²) in [6.07, 6.45) is 7.43. The third-order valence-electron chi connectivity index (χ3n) is 1.29. The molecule has 14 heavy (non-hydrogen) atoms. The minimum atomic E-state index is 0.153. The molecule has 0 aliphatic rings. The fourth-order valence-electron chi connectivity index (χ4n) is 0.993. The molecule has 0 aromatic rings. The van der Waals surface area contributed by atoms with Crippen molar-refractivity contribution in [1.82, 2.24) is 5.32 Å². The second-order valence-electron chi connectivity index (χ2n) is 3.94. The maximum Gasteiger partial charge on any atom is 0.0300 e. The molecule has 0 bridgehead atoms. The summed E-state index contributed by atoms with van der Waals surface area (Å²) < 4.78 is 0. The highest BCUT2D eigenvalue weighted by molar-refractivity contribution is 5.17. The van der Waals surface area contributed by atoms with Crippen LogP contribution in [0.2, 0.25) is 0 Å². The Balaban J connectivity index is 0. The Kier molecular flexibility index (Phi) is 9.96. The van der Waals surface area contributed by atoms with Gasteiger partial charge in [0.1, 0.15) is 0 Å². The SMILES string of the molecule is C/C=C\C(=C/CC)NC(C)(C)C.CC. The van der Waals surface area contributed by atoms with Crippen molar-refractivity contribution in [3.05, 3.63) is 23.9 Å². The smallest absolute Gasteiger partial charge is 0.0300 e. The Morgan fingerprint density at radius 3 is 2.00 bits per heavy atom. The topological polar surface area (TPSA) is 12.0 Å². The molecule has 0 aromatic heterocycles. The van der Waals surface area contributed by atoms with E-state index in [-0.39, 0.29) is 5.54 Å². The molecule has 1 N–H and O–H groups in total. The Morgan fingerprint density at radius 2 is 1.71 bits per heavy atom. The van der Waals surface area contributed by atoms with Gasteiger partial charge in [-0.1, -0.05) is 32.9 Å². The van der Waals surface area contributed by atoms with Crippen LogP contribution < -0.4 is 5.32 Å². The Labute approximate surface area is 90.3 Å². The van der Waals surface area contributed by atoms with Crippen molar-refractivity contribution in [2.45, 2.75) is 60.4 Å². The van der Waals surface area contributed by atoms with Crippen LogP contribution >= 0.6 is 0 Å². The standard InChI is InChI=1S/C11H21N.C2H6/c1-6-8-10(9-7-2)12-11(3,4)5;1-2/h6,8-9,12H,7H2,1-5H3;1-2H3/b8-6-,10-9+;. The summed E-state index contributed by atoms with van der Waals surface area (Å²) >= 11 is 0. The van der Waals surface area contributed by atoms with Crippen LogP contribution in [0.1, 0.15) is 54.9 Å². The van der Waals surface area contributed by atoms with Crippen LogP contribution in [-0.4, -0.2) is 5.54 Å². The van der Waals surface area contributed by atoms with Crippen molar-refractivity contribution in [1.29, 1.82) is 0 Å². The average Bonchev–Trinajstić information content (AvgIpc) is 2.06. The van der Waals surface area contributed by atoms with Gasteiger partial charge in [0.15, 0.2) is 0 Å². The molecule has 0 radical (unpaired) electrons. The highest BCUT2D eigenvalue weighted by atomic mass is 15.0. The van der Waals surface area contributed by atoms with Gasteiger partial charge in [0.2, 0.25) is 0 Å². The Hall–Kier alpha value is -0.720. The van der Waals surface area contributed by atoms with E-state index >= 15 is 0 Å². The molecule has 0 aliphatic carbocycles. The van der Waals surface area contributed by atoms with Gasteiger partial charge in [-0.05, 0) is 40.2 Å². The van der Waals surface area contributed by atoms with E-state index in [9.17, 15) is 0 Å². The molecule has 0 saturated carbocycles. The van der Waals surface area contributed by atoms with Crippen LogP contribution in [-0.2, 0) is 0 Å². The van der Waals surface area contributed by atoms with E-state index < -0.39 is 0 Å². The molecule has 0 rings (SSSR count). The third-order valence-corrected chi connectivity index (χ3v) is 1.29. The summed E-state index contributed by atoms with van der Waals surface area (Å²) in [6, 6.07) is 0. The summed E-state index contributed by atoms with van der Waals surface area (Å²) in [4.78, 5) is 0. The van der Waals surface area contributed by atoms with Crippen LogP contribution in [0.15, 0.2) is 23.9 Å². The normalized spacial score (nSPS) is 12.4. The van der Waals surface area contributed by atoms with E-state index in [0.717, 1.165) is 6.42 Å². The second kappa shape index (κ2) is 8.86. The van der Waals surface area contributed by atoms with Crippen LogP contribution in [0.3, 0.4) is 0 Å². The van der Waals surface area contributed by atoms with Gasteiger partial charge in [-0.25, -0.2) is 0 Å². The lowest BCUT2D eigenvalue weighted by Crippen LogP contribution is -2.34. The van der Waals surface area contributed by atoms with Crippen molar-refractivity contribution in [3.63, 3.8) is 0 Å². The van der Waals surface area contributed by atoms with E-state index in [1.165, 1.54) is 5.70 Å². The van der Waals surface area contributed by atoms with Gasteiger partial charge in [0.25, 0.3) is 0 Å². The zero-order valence-corrected chi connectivity index (χ0v) is 10.9. The number of rotatable bonds is 3. The summed E-state index contributed by atoms with van der Waals surface area (Å²) in [5, 5.41) is 3.43. The first-order valence-corrected chi connectivity index (χ1v) is 5.60. The maximum atomic E-state index is 3.43. The van der Waals surface area contributed by atoms with Gasteiger partial charge < -0.3 is 5.32 Å². The van der Waals surface area contributed by atoms with Crippen molar-refractivity contribution >= 4 is 0 Å². The fraction of sp³-hybridized carbons (Fsp3) is 0.692. The molecule has 0 heterocycles. The van der Waals surface area contributed by atoms with Crippen molar-refractivity contribution in [2.75, 3.05) is 0 Å². The lowest BCUT2D eigenvalue weighted by Gasteiger charge is -2.22. The lowest BCUT2D eigenvalue weighted by molar-refractivity contribution is 0.478. The summed E-state index contributed by atoms with van der Waals surface area (Å²) in [7, 11) is 0. The van der Waals surface area contributed by atoms with Crippen LogP contribution in [0.5, 0.6) is 0 Å². The number of hydrogen-bond acceptors (Lipinski definition) is 1. The molecule has 0 saturated heterocycles. The first-order chi connectivity index (χ1) is 6.49. The van der Waals surface area contributed by atoms with Gasteiger partial charge in [-0.3, -0.25) is 0 Å². The quantitative estimate of drug-likeness (QED) is 0.666. The van der Waals surface area contributed by atoms with Crippen molar-refractivity contribution in [3.8, 4) is 0 Å². The van der Waals surface area contributed by atoms with Gasteiger partial charge in [0.05, 0.1) is 0 Å². The van der Waals surface area contributed by atoms with Gasteiger partial charge in [0, 0.05) is 11.2 Å². The molecule has 1 nitrogen and oxygen atoms in total. The minimum absolute atomic E-state index is 0.153. The molecule has 1 heteroatoms. The number of nitrogens with one attached hydrogen (secondary N) is 1. The predicted molar refractivity (Wildman–Crippen MR) is 67.4 cm³/mol. The molecule has 84 valence electrons. The maximum absolute atomic E-state index is 3.43. The van der Waals surface area contributed by atoms with E-state index in [0.29, 0.717) is 0 Å². The molecule has 0 aliphatic heterocycles. The number of allylic oxidation sites excluding steroid dienone is 3. The van der Waals surface area contributed by atoms with Gasteiger partial charge in [-0.2, -0.15) is 0 Å². The first-order valence-electron chi connectivity index (χ1n) is 5.60. The molecular weight excluding hydrogens is 170 g/mol. The molecule has 0 atom stereocenters. The Morgan fingerprint density at radius 1 is 1.21 bits per heavy atom. The molecule has 0 aromatic carbocycles. The average molecular weight is 197 g/mol. The lowest BCUT2D eigenvalue weighted by atomic mass is 10.1. The van der Waals surface area contributed by atoms with E-state index in [2.05, 4.69) is 51.2 Å². The molecular formula is C13H27N. The summed E-state index contributed by atoms with van der Waals surface area (Å²) in [5.74, 6) is 0. The summed E-state index contributed by atoms with van der Waals surface area (Å²) in [5.41, 5.74) is 1.37. The largest absolute Gasteiger partial charge is 0.381 e.